The van der Waals surface area contributed by atoms with Crippen LogP contribution >= 0.6 is 0 Å². The molecule has 4 rings (SSSR count). The maximum Gasteiger partial charge on any atom is 0.407 e. The first-order valence-electron chi connectivity index (χ1n) is 11.0. The van der Waals surface area contributed by atoms with Crippen molar-refractivity contribution in [1.29, 1.82) is 0 Å². The van der Waals surface area contributed by atoms with E-state index in [1.165, 1.54) is 0 Å². The first-order valence-corrected chi connectivity index (χ1v) is 11.0. The van der Waals surface area contributed by atoms with E-state index in [2.05, 4.69) is 5.32 Å². The molecule has 0 aromatic heterocycles. The Morgan fingerprint density at radius 3 is 2.23 bits per heavy atom. The predicted molar refractivity (Wildman–Crippen MR) is 117 cm³/mol. The van der Waals surface area contributed by atoms with Crippen LogP contribution in [0.3, 0.4) is 0 Å². The molecule has 11 heteroatoms. The molecular formula is C24H23F3N2O6. The average molecular weight is 492 g/mol. The van der Waals surface area contributed by atoms with E-state index in [-0.39, 0.29) is 25.6 Å². The molecule has 1 aliphatic carbocycles. The van der Waals surface area contributed by atoms with Crippen molar-refractivity contribution < 1.29 is 42.1 Å². The van der Waals surface area contributed by atoms with Crippen LogP contribution in [0.1, 0.15) is 29.9 Å². The van der Waals surface area contributed by atoms with Crippen molar-refractivity contribution in [2.75, 3.05) is 13.2 Å². The van der Waals surface area contributed by atoms with Crippen molar-refractivity contribution in [2.45, 2.75) is 43.1 Å². The molecular weight excluding hydrogens is 469 g/mol. The SMILES string of the molecule is O=C(N[C@@H]1CCO[C@@H]1C(=O)NC(CC(F)(F)F)C(=O)O)OCC1c2ccccc2-c2ccccc21. The summed E-state index contributed by atoms with van der Waals surface area (Å²) in [4.78, 5) is 36.1. The summed E-state index contributed by atoms with van der Waals surface area (Å²) in [5.41, 5.74) is 4.16. The van der Waals surface area contributed by atoms with Gasteiger partial charge in [-0.2, -0.15) is 13.2 Å². The molecule has 3 atom stereocenters. The molecule has 1 saturated heterocycles. The van der Waals surface area contributed by atoms with E-state index in [1.54, 1.807) is 0 Å². The fourth-order valence-corrected chi connectivity index (χ4v) is 4.47. The van der Waals surface area contributed by atoms with Crippen LogP contribution < -0.4 is 10.6 Å². The van der Waals surface area contributed by atoms with Gasteiger partial charge in [-0.05, 0) is 28.7 Å². The molecule has 8 nitrogen and oxygen atoms in total. The molecule has 1 aliphatic heterocycles. The number of amides is 2. The fourth-order valence-electron chi connectivity index (χ4n) is 4.47. The van der Waals surface area contributed by atoms with Crippen LogP contribution in [0, 0.1) is 0 Å². The molecule has 0 radical (unpaired) electrons. The highest BCUT2D eigenvalue weighted by molar-refractivity contribution is 5.87. The maximum absolute atomic E-state index is 12.6. The first-order chi connectivity index (χ1) is 16.6. The van der Waals surface area contributed by atoms with Crippen molar-refractivity contribution in [1.82, 2.24) is 10.6 Å². The summed E-state index contributed by atoms with van der Waals surface area (Å²) < 4.78 is 48.6. The number of ether oxygens (including phenoxy) is 2. The summed E-state index contributed by atoms with van der Waals surface area (Å²) in [5.74, 6) is -3.05. The number of hydrogen-bond acceptors (Lipinski definition) is 5. The number of carbonyl (C=O) groups excluding carboxylic acids is 2. The van der Waals surface area contributed by atoms with Gasteiger partial charge in [0.2, 0.25) is 0 Å². The molecule has 1 fully saturated rings. The van der Waals surface area contributed by atoms with Crippen molar-refractivity contribution in [3.8, 4) is 11.1 Å². The number of nitrogens with one attached hydrogen (secondary N) is 2. The highest BCUT2D eigenvalue weighted by Crippen LogP contribution is 2.44. The Labute approximate surface area is 198 Å². The van der Waals surface area contributed by atoms with Crippen LogP contribution in [0.4, 0.5) is 18.0 Å². The number of benzene rings is 2. The second kappa shape index (κ2) is 9.95. The molecule has 2 aromatic carbocycles. The van der Waals surface area contributed by atoms with Gasteiger partial charge in [0.15, 0.2) is 6.10 Å². The highest BCUT2D eigenvalue weighted by Gasteiger charge is 2.41. The highest BCUT2D eigenvalue weighted by atomic mass is 19.4. The Hall–Kier alpha value is -3.60. The van der Waals surface area contributed by atoms with Gasteiger partial charge in [-0.3, -0.25) is 4.79 Å². The topological polar surface area (TPSA) is 114 Å². The number of fused-ring (bicyclic) bond motifs is 3. The molecule has 0 bridgehead atoms. The van der Waals surface area contributed by atoms with E-state index in [0.29, 0.717) is 0 Å². The molecule has 0 saturated carbocycles. The van der Waals surface area contributed by atoms with Gasteiger partial charge in [-0.25, -0.2) is 9.59 Å². The fraction of sp³-hybridized carbons (Fsp3) is 0.375. The van der Waals surface area contributed by atoms with E-state index in [9.17, 15) is 27.6 Å². The number of halogens is 3. The molecule has 186 valence electrons. The third kappa shape index (κ3) is 5.56. The summed E-state index contributed by atoms with van der Waals surface area (Å²) >= 11 is 0. The lowest BCUT2D eigenvalue weighted by atomic mass is 9.98. The average Bonchev–Trinajstić information content (AvgIpc) is 3.39. The number of carboxylic acid groups (broad SMARTS) is 1. The Bertz CT molecular complexity index is 1080. The number of rotatable bonds is 7. The molecule has 3 N–H and O–H groups in total. The number of alkyl halides is 3. The van der Waals surface area contributed by atoms with E-state index >= 15 is 0 Å². The second-order valence-electron chi connectivity index (χ2n) is 8.38. The van der Waals surface area contributed by atoms with E-state index in [1.807, 2.05) is 53.8 Å². The lowest BCUT2D eigenvalue weighted by Gasteiger charge is -2.22. The Balaban J connectivity index is 1.36. The molecule has 2 aromatic rings. The van der Waals surface area contributed by atoms with Crippen molar-refractivity contribution in [3.05, 3.63) is 59.7 Å². The van der Waals surface area contributed by atoms with Crippen LogP contribution in [-0.4, -0.2) is 60.7 Å². The van der Waals surface area contributed by atoms with Crippen LogP contribution in [0.2, 0.25) is 0 Å². The minimum absolute atomic E-state index is 0.0387. The van der Waals surface area contributed by atoms with Gasteiger partial charge in [0, 0.05) is 12.5 Å². The van der Waals surface area contributed by atoms with Crippen LogP contribution in [-0.2, 0) is 19.1 Å². The molecule has 2 amide bonds. The van der Waals surface area contributed by atoms with Crippen LogP contribution in [0.25, 0.3) is 11.1 Å². The van der Waals surface area contributed by atoms with Gasteiger partial charge >= 0.3 is 18.2 Å². The monoisotopic (exact) mass is 492 g/mol. The quantitative estimate of drug-likeness (QED) is 0.547. The molecule has 1 unspecified atom stereocenters. The Morgan fingerprint density at radius 2 is 1.66 bits per heavy atom. The largest absolute Gasteiger partial charge is 0.480 e. The van der Waals surface area contributed by atoms with Crippen LogP contribution in [0.15, 0.2) is 48.5 Å². The number of alkyl carbamates (subject to hydrolysis) is 1. The zero-order valence-corrected chi connectivity index (χ0v) is 18.4. The third-order valence-corrected chi connectivity index (χ3v) is 6.05. The summed E-state index contributed by atoms with van der Waals surface area (Å²) in [5, 5.41) is 13.4. The predicted octanol–water partition coefficient (Wildman–Crippen LogP) is 3.20. The third-order valence-electron chi connectivity index (χ3n) is 6.05. The van der Waals surface area contributed by atoms with Crippen molar-refractivity contribution in [3.63, 3.8) is 0 Å². The number of carbonyl (C=O) groups is 3. The summed E-state index contributed by atoms with van der Waals surface area (Å²) in [6, 6.07) is 12.5. The van der Waals surface area contributed by atoms with E-state index in [4.69, 9.17) is 14.6 Å². The maximum atomic E-state index is 12.6. The minimum Gasteiger partial charge on any atom is -0.480 e. The molecule has 35 heavy (non-hydrogen) atoms. The Kier molecular flexibility index (Phi) is 6.97. The van der Waals surface area contributed by atoms with Gasteiger partial charge in [0.05, 0.1) is 12.5 Å². The van der Waals surface area contributed by atoms with Gasteiger partial charge in [0.25, 0.3) is 5.91 Å². The van der Waals surface area contributed by atoms with Crippen molar-refractivity contribution in [2.24, 2.45) is 0 Å². The van der Waals surface area contributed by atoms with E-state index in [0.717, 1.165) is 22.3 Å². The molecule has 2 aliphatic rings. The van der Waals surface area contributed by atoms with Gasteiger partial charge < -0.3 is 25.2 Å². The van der Waals surface area contributed by atoms with E-state index < -0.39 is 48.8 Å². The molecule has 0 spiro atoms. The van der Waals surface area contributed by atoms with Crippen LogP contribution in [0.5, 0.6) is 0 Å². The normalized spacial score (nSPS) is 20.0. The standard InChI is InChI=1S/C24H23F3N2O6/c25-24(26,27)11-19(22(31)32)28-21(30)20-18(9-10-34-20)29-23(33)35-12-17-15-7-3-1-5-13(15)14-6-2-4-8-16(14)17/h1-8,17-20H,9-12H2,(H,28,30)(H,29,33)(H,31,32)/t18-,19?,20+/m1/s1. The van der Waals surface area contributed by atoms with Crippen molar-refractivity contribution >= 4 is 18.0 Å². The first kappa shape index (κ1) is 24.5. The summed E-state index contributed by atoms with van der Waals surface area (Å²) in [6.07, 6.45) is -8.47. The Morgan fingerprint density at radius 1 is 1.06 bits per heavy atom. The smallest absolute Gasteiger partial charge is 0.407 e. The zero-order valence-electron chi connectivity index (χ0n) is 18.4. The summed E-state index contributed by atoms with van der Waals surface area (Å²) in [6.45, 7) is 0.0976. The van der Waals surface area contributed by atoms with Gasteiger partial charge in [-0.15, -0.1) is 0 Å². The van der Waals surface area contributed by atoms with Gasteiger partial charge in [0.1, 0.15) is 12.6 Å². The zero-order chi connectivity index (χ0) is 25.2. The second-order valence-corrected chi connectivity index (χ2v) is 8.38. The molecule has 1 heterocycles. The van der Waals surface area contributed by atoms with Gasteiger partial charge in [-0.1, -0.05) is 48.5 Å². The lowest BCUT2D eigenvalue weighted by molar-refractivity contribution is -0.161. The summed E-state index contributed by atoms with van der Waals surface area (Å²) in [7, 11) is 0. The number of carboxylic acids is 1. The minimum atomic E-state index is -4.79. The number of hydrogen-bond donors (Lipinski definition) is 3. The lowest BCUT2D eigenvalue weighted by Crippen LogP contribution is -2.53. The number of aliphatic carboxylic acids is 1.